The predicted octanol–water partition coefficient (Wildman–Crippen LogP) is 20.2. The van der Waals surface area contributed by atoms with Crippen LogP contribution in [0.2, 0.25) is 0 Å². The van der Waals surface area contributed by atoms with Gasteiger partial charge in [0.25, 0.3) is 0 Å². The minimum absolute atomic E-state index is 0.0615. The summed E-state index contributed by atoms with van der Waals surface area (Å²) in [4.78, 5) is 38.1. The summed E-state index contributed by atoms with van der Waals surface area (Å²) in [5, 5.41) is 0. The van der Waals surface area contributed by atoms with Gasteiger partial charge in [-0.25, -0.2) is 0 Å². The number of carbonyl (C=O) groups excluding carboxylic acids is 3. The van der Waals surface area contributed by atoms with Gasteiger partial charge in [0.15, 0.2) is 6.10 Å². The van der Waals surface area contributed by atoms with Gasteiger partial charge in [-0.15, -0.1) is 0 Å². The lowest BCUT2D eigenvalue weighted by atomic mass is 9.99. The molecule has 0 saturated heterocycles. The van der Waals surface area contributed by atoms with Crippen molar-refractivity contribution in [2.45, 2.75) is 355 Å². The first-order chi connectivity index (χ1) is 32.9. The molecule has 0 amide bonds. The Balaban J connectivity index is 4.21. The molecule has 0 N–H and O–H groups in total. The van der Waals surface area contributed by atoms with Crippen LogP contribution < -0.4 is 0 Å². The number of rotatable bonds is 56. The quantitative estimate of drug-likeness (QED) is 0.0343. The summed E-state index contributed by atoms with van der Waals surface area (Å²) in [5.41, 5.74) is 0. The van der Waals surface area contributed by atoms with E-state index in [9.17, 15) is 14.4 Å². The molecule has 6 heteroatoms. The normalized spacial score (nSPS) is 12.4. The zero-order chi connectivity index (χ0) is 48.8. The van der Waals surface area contributed by atoms with Crippen LogP contribution in [0.1, 0.15) is 349 Å². The standard InChI is InChI=1S/C61H118O6/c1-5-8-10-12-14-16-18-19-20-26-30-34-38-42-46-50-54-61(64)67-58(55-65-59(62)52-48-44-40-36-31-17-15-13-11-9-6-2)56-66-60(63)53-49-45-41-37-33-29-27-24-22-21-23-25-28-32-35-39-43-47-51-57(4)7-3/h57-58H,5-56H2,1-4H3/t57?,58-/m0/s1. The first-order valence-electron chi connectivity index (χ1n) is 30.4. The van der Waals surface area contributed by atoms with Gasteiger partial charge in [-0.2, -0.15) is 0 Å². The molecule has 1 unspecified atom stereocenters. The third-order valence-corrected chi connectivity index (χ3v) is 14.4. The van der Waals surface area contributed by atoms with Crippen molar-refractivity contribution in [2.75, 3.05) is 13.2 Å². The predicted molar refractivity (Wildman–Crippen MR) is 289 cm³/mol. The van der Waals surface area contributed by atoms with Crippen molar-refractivity contribution in [3.8, 4) is 0 Å². The Morgan fingerprint density at radius 2 is 0.522 bits per heavy atom. The summed E-state index contributed by atoms with van der Waals surface area (Å²) < 4.78 is 16.9. The van der Waals surface area contributed by atoms with E-state index in [4.69, 9.17) is 14.2 Å². The van der Waals surface area contributed by atoms with Crippen molar-refractivity contribution in [1.29, 1.82) is 0 Å². The van der Waals surface area contributed by atoms with Gasteiger partial charge in [0.2, 0.25) is 0 Å². The molecule has 2 atom stereocenters. The molecule has 0 rings (SSSR count). The van der Waals surface area contributed by atoms with Crippen LogP contribution >= 0.6 is 0 Å². The summed E-state index contributed by atoms with van der Waals surface area (Å²) in [6.45, 7) is 9.11. The second kappa shape index (κ2) is 55.3. The van der Waals surface area contributed by atoms with E-state index in [1.54, 1.807) is 0 Å². The average molecular weight is 948 g/mol. The Labute approximate surface area is 418 Å². The van der Waals surface area contributed by atoms with Crippen LogP contribution in [0.15, 0.2) is 0 Å². The van der Waals surface area contributed by atoms with E-state index < -0.39 is 6.10 Å². The third kappa shape index (κ3) is 53.6. The van der Waals surface area contributed by atoms with E-state index in [0.29, 0.717) is 19.3 Å². The van der Waals surface area contributed by atoms with Gasteiger partial charge in [-0.3, -0.25) is 14.4 Å². The Morgan fingerprint density at radius 3 is 0.776 bits per heavy atom. The van der Waals surface area contributed by atoms with Gasteiger partial charge >= 0.3 is 17.9 Å². The number of hydrogen-bond donors (Lipinski definition) is 0. The molecule has 0 aromatic carbocycles. The summed E-state index contributed by atoms with van der Waals surface area (Å²) in [7, 11) is 0. The lowest BCUT2D eigenvalue weighted by molar-refractivity contribution is -0.167. The minimum Gasteiger partial charge on any atom is -0.462 e. The maximum absolute atomic E-state index is 12.9. The molecule has 67 heavy (non-hydrogen) atoms. The van der Waals surface area contributed by atoms with Gasteiger partial charge in [0, 0.05) is 19.3 Å². The van der Waals surface area contributed by atoms with Crippen LogP contribution in [0.5, 0.6) is 0 Å². The molecule has 0 aromatic rings. The van der Waals surface area contributed by atoms with Crippen molar-refractivity contribution >= 4 is 17.9 Å². The molecule has 0 aliphatic rings. The fourth-order valence-corrected chi connectivity index (χ4v) is 9.42. The fraction of sp³-hybridized carbons (Fsp3) is 0.951. The fourth-order valence-electron chi connectivity index (χ4n) is 9.42. The van der Waals surface area contributed by atoms with E-state index in [-0.39, 0.29) is 31.1 Å². The number of esters is 3. The first-order valence-corrected chi connectivity index (χ1v) is 30.4. The Bertz CT molecular complexity index is 1010. The van der Waals surface area contributed by atoms with E-state index >= 15 is 0 Å². The van der Waals surface area contributed by atoms with Crippen LogP contribution in [0.3, 0.4) is 0 Å². The van der Waals surface area contributed by atoms with Gasteiger partial charge in [-0.05, 0) is 25.2 Å². The van der Waals surface area contributed by atoms with Gasteiger partial charge < -0.3 is 14.2 Å². The molecule has 0 aliphatic heterocycles. The van der Waals surface area contributed by atoms with Crippen LogP contribution in [-0.4, -0.2) is 37.2 Å². The average Bonchev–Trinajstić information content (AvgIpc) is 3.33. The summed E-state index contributed by atoms with van der Waals surface area (Å²) in [6, 6.07) is 0. The van der Waals surface area contributed by atoms with Crippen molar-refractivity contribution in [3.05, 3.63) is 0 Å². The Morgan fingerprint density at radius 1 is 0.299 bits per heavy atom. The first kappa shape index (κ1) is 65.4. The topological polar surface area (TPSA) is 78.9 Å². The Kier molecular flexibility index (Phi) is 54.0. The lowest BCUT2D eigenvalue weighted by Gasteiger charge is -2.18. The minimum atomic E-state index is -0.761. The number of hydrogen-bond acceptors (Lipinski definition) is 6. The van der Waals surface area contributed by atoms with Crippen molar-refractivity contribution < 1.29 is 28.6 Å². The van der Waals surface area contributed by atoms with Crippen LogP contribution in [0.25, 0.3) is 0 Å². The van der Waals surface area contributed by atoms with Gasteiger partial charge in [0.05, 0.1) is 0 Å². The molecule has 0 radical (unpaired) electrons. The van der Waals surface area contributed by atoms with Crippen molar-refractivity contribution in [3.63, 3.8) is 0 Å². The SMILES string of the molecule is CCCCCCCCCCCCCCCCCCC(=O)O[C@@H](COC(=O)CCCCCCCCCCCCC)COC(=O)CCCCCCCCCCCCCCCCCCCCC(C)CC. The van der Waals surface area contributed by atoms with Crippen LogP contribution in [0, 0.1) is 5.92 Å². The van der Waals surface area contributed by atoms with Crippen molar-refractivity contribution in [1.82, 2.24) is 0 Å². The van der Waals surface area contributed by atoms with Gasteiger partial charge in [0.1, 0.15) is 13.2 Å². The van der Waals surface area contributed by atoms with E-state index in [0.717, 1.165) is 63.7 Å². The molecule has 0 fully saturated rings. The summed E-state index contributed by atoms with van der Waals surface area (Å²) >= 11 is 0. The second-order valence-electron chi connectivity index (χ2n) is 21.2. The van der Waals surface area contributed by atoms with E-state index in [1.807, 2.05) is 0 Å². The smallest absolute Gasteiger partial charge is 0.306 e. The highest BCUT2D eigenvalue weighted by Crippen LogP contribution is 2.19. The second-order valence-corrected chi connectivity index (χ2v) is 21.2. The molecule has 0 aromatic heterocycles. The molecule has 0 heterocycles. The Hall–Kier alpha value is -1.59. The monoisotopic (exact) mass is 947 g/mol. The number of unbranched alkanes of at least 4 members (excludes halogenated alkanes) is 42. The van der Waals surface area contributed by atoms with Crippen LogP contribution in [0.4, 0.5) is 0 Å². The van der Waals surface area contributed by atoms with E-state index in [1.165, 1.54) is 244 Å². The number of ether oxygens (including phenoxy) is 3. The highest BCUT2D eigenvalue weighted by molar-refractivity contribution is 5.71. The molecule has 0 spiro atoms. The third-order valence-electron chi connectivity index (χ3n) is 14.4. The zero-order valence-corrected chi connectivity index (χ0v) is 45.9. The van der Waals surface area contributed by atoms with Gasteiger partial charge in [-0.1, -0.05) is 310 Å². The highest BCUT2D eigenvalue weighted by atomic mass is 16.6. The maximum atomic E-state index is 12.9. The number of carbonyl (C=O) groups is 3. The molecule has 0 aliphatic carbocycles. The zero-order valence-electron chi connectivity index (χ0n) is 45.9. The molecule has 0 saturated carbocycles. The van der Waals surface area contributed by atoms with Crippen LogP contribution in [-0.2, 0) is 28.6 Å². The molecule has 0 bridgehead atoms. The summed E-state index contributed by atoms with van der Waals surface area (Å²) in [6.07, 6.45) is 60.9. The molecular formula is C61H118O6. The molecule has 398 valence electrons. The van der Waals surface area contributed by atoms with Crippen molar-refractivity contribution in [2.24, 2.45) is 5.92 Å². The van der Waals surface area contributed by atoms with E-state index in [2.05, 4.69) is 27.7 Å². The lowest BCUT2D eigenvalue weighted by Crippen LogP contribution is -2.30. The summed E-state index contributed by atoms with van der Waals surface area (Å²) in [5.74, 6) is 0.0770. The molecular weight excluding hydrogens is 829 g/mol. The highest BCUT2D eigenvalue weighted by Gasteiger charge is 2.19. The molecule has 6 nitrogen and oxygen atoms in total. The largest absolute Gasteiger partial charge is 0.462 e. The maximum Gasteiger partial charge on any atom is 0.306 e.